The minimum Gasteiger partial charge on any atom is -0.392 e. The van der Waals surface area contributed by atoms with Gasteiger partial charge in [0.25, 0.3) is 0 Å². The summed E-state index contributed by atoms with van der Waals surface area (Å²) in [4.78, 5) is 4.42. The third kappa shape index (κ3) is 2.58. The fourth-order valence-electron chi connectivity index (χ4n) is 2.28. The van der Waals surface area contributed by atoms with Crippen LogP contribution < -0.4 is 0 Å². The standard InChI is InChI=1S/C13H19NOS/c1-2-8-16-9-12(15)11-6-5-10-4-3-7-14-13(10)11/h3-4,7,11-12,15H,2,5-6,8-9H2,1H3. The molecule has 2 nitrogen and oxygen atoms in total. The van der Waals surface area contributed by atoms with Crippen LogP contribution in [-0.2, 0) is 6.42 Å². The van der Waals surface area contributed by atoms with E-state index in [1.165, 1.54) is 12.0 Å². The second kappa shape index (κ2) is 5.69. The van der Waals surface area contributed by atoms with Crippen molar-refractivity contribution in [3.63, 3.8) is 0 Å². The van der Waals surface area contributed by atoms with Gasteiger partial charge in [-0.3, -0.25) is 4.98 Å². The number of rotatable bonds is 5. The first kappa shape index (κ1) is 11.9. The Labute approximate surface area is 101 Å². The van der Waals surface area contributed by atoms with Gasteiger partial charge in [-0.05, 0) is 36.6 Å². The number of thioether (sulfide) groups is 1. The lowest BCUT2D eigenvalue weighted by molar-refractivity contribution is 0.165. The summed E-state index contributed by atoms with van der Waals surface area (Å²) in [5, 5.41) is 10.2. The molecule has 0 fully saturated rings. The van der Waals surface area contributed by atoms with Gasteiger partial charge in [0.1, 0.15) is 0 Å². The van der Waals surface area contributed by atoms with E-state index in [9.17, 15) is 5.11 Å². The zero-order chi connectivity index (χ0) is 11.4. The number of aliphatic hydroxyl groups is 1. The second-order valence-electron chi connectivity index (χ2n) is 4.34. The summed E-state index contributed by atoms with van der Waals surface area (Å²) in [6.07, 6.45) is 4.91. The van der Waals surface area contributed by atoms with E-state index in [1.807, 2.05) is 24.0 Å². The minimum absolute atomic E-state index is 0.229. The average molecular weight is 237 g/mol. The van der Waals surface area contributed by atoms with Crippen LogP contribution in [0, 0.1) is 0 Å². The minimum atomic E-state index is -0.229. The summed E-state index contributed by atoms with van der Waals surface area (Å²) in [7, 11) is 0. The topological polar surface area (TPSA) is 33.1 Å². The van der Waals surface area contributed by atoms with E-state index in [2.05, 4.69) is 18.0 Å². The van der Waals surface area contributed by atoms with Gasteiger partial charge in [0.15, 0.2) is 0 Å². The van der Waals surface area contributed by atoms with Crippen molar-refractivity contribution in [2.24, 2.45) is 0 Å². The molecule has 0 amide bonds. The van der Waals surface area contributed by atoms with Crippen molar-refractivity contribution in [1.82, 2.24) is 4.98 Å². The van der Waals surface area contributed by atoms with Gasteiger partial charge >= 0.3 is 0 Å². The molecule has 2 rings (SSSR count). The molecule has 1 aromatic rings. The largest absolute Gasteiger partial charge is 0.392 e. The number of hydrogen-bond donors (Lipinski definition) is 1. The number of aliphatic hydroxyl groups excluding tert-OH is 1. The van der Waals surface area contributed by atoms with E-state index in [1.54, 1.807) is 0 Å². The summed E-state index contributed by atoms with van der Waals surface area (Å²) in [5.41, 5.74) is 2.46. The molecule has 1 aliphatic carbocycles. The van der Waals surface area contributed by atoms with Crippen LogP contribution in [0.4, 0.5) is 0 Å². The lowest BCUT2D eigenvalue weighted by Gasteiger charge is -2.17. The molecule has 0 saturated heterocycles. The first-order valence-electron chi connectivity index (χ1n) is 6.02. The Morgan fingerprint density at radius 2 is 2.50 bits per heavy atom. The summed E-state index contributed by atoms with van der Waals surface area (Å²) >= 11 is 1.85. The molecule has 1 aliphatic rings. The van der Waals surface area contributed by atoms with Gasteiger partial charge in [0, 0.05) is 23.6 Å². The van der Waals surface area contributed by atoms with Crippen molar-refractivity contribution in [2.45, 2.75) is 38.2 Å². The van der Waals surface area contributed by atoms with Gasteiger partial charge in [0.05, 0.1) is 6.10 Å². The van der Waals surface area contributed by atoms with Crippen molar-refractivity contribution in [3.05, 3.63) is 29.6 Å². The molecule has 0 bridgehead atoms. The van der Waals surface area contributed by atoms with Crippen molar-refractivity contribution >= 4 is 11.8 Å². The summed E-state index contributed by atoms with van der Waals surface area (Å²) in [5.74, 6) is 2.24. The van der Waals surface area contributed by atoms with Gasteiger partial charge in [0.2, 0.25) is 0 Å². The highest BCUT2D eigenvalue weighted by Gasteiger charge is 2.29. The van der Waals surface area contributed by atoms with E-state index >= 15 is 0 Å². The lowest BCUT2D eigenvalue weighted by Crippen LogP contribution is -2.20. The van der Waals surface area contributed by atoms with E-state index in [-0.39, 0.29) is 12.0 Å². The average Bonchev–Trinajstić information content (AvgIpc) is 2.73. The number of pyridine rings is 1. The first-order valence-corrected chi connectivity index (χ1v) is 7.18. The molecular weight excluding hydrogens is 218 g/mol. The Balaban J connectivity index is 1.96. The third-order valence-corrected chi connectivity index (χ3v) is 4.38. The van der Waals surface area contributed by atoms with Crippen molar-refractivity contribution in [1.29, 1.82) is 0 Å². The Morgan fingerprint density at radius 1 is 1.62 bits per heavy atom. The van der Waals surface area contributed by atoms with Crippen LogP contribution in [0.2, 0.25) is 0 Å². The Kier molecular flexibility index (Phi) is 4.24. The predicted molar refractivity (Wildman–Crippen MR) is 68.9 cm³/mol. The SMILES string of the molecule is CCCSCC(O)C1CCc2cccnc21. The fraction of sp³-hybridized carbons (Fsp3) is 0.615. The van der Waals surface area contributed by atoms with Crippen molar-refractivity contribution in [3.8, 4) is 0 Å². The molecule has 1 heterocycles. The number of fused-ring (bicyclic) bond motifs is 1. The highest BCUT2D eigenvalue weighted by molar-refractivity contribution is 7.99. The maximum Gasteiger partial charge on any atom is 0.0714 e. The van der Waals surface area contributed by atoms with Gasteiger partial charge < -0.3 is 5.11 Å². The molecule has 1 aromatic heterocycles. The molecule has 0 aliphatic heterocycles. The van der Waals surface area contributed by atoms with E-state index in [0.29, 0.717) is 0 Å². The molecule has 2 atom stereocenters. The lowest BCUT2D eigenvalue weighted by atomic mass is 10.0. The predicted octanol–water partition coefficient (Wildman–Crippen LogP) is 2.62. The first-order chi connectivity index (χ1) is 7.83. The van der Waals surface area contributed by atoms with E-state index < -0.39 is 0 Å². The molecule has 0 spiro atoms. The highest BCUT2D eigenvalue weighted by atomic mass is 32.2. The number of hydrogen-bond acceptors (Lipinski definition) is 3. The van der Waals surface area contributed by atoms with Crippen molar-refractivity contribution in [2.75, 3.05) is 11.5 Å². The van der Waals surface area contributed by atoms with Crippen LogP contribution >= 0.6 is 11.8 Å². The number of aromatic nitrogens is 1. The Morgan fingerprint density at radius 3 is 3.31 bits per heavy atom. The van der Waals surface area contributed by atoms with Gasteiger partial charge in [-0.2, -0.15) is 11.8 Å². The van der Waals surface area contributed by atoms with Crippen LogP contribution in [0.3, 0.4) is 0 Å². The molecule has 0 saturated carbocycles. The summed E-state index contributed by atoms with van der Waals surface area (Å²) < 4.78 is 0. The maximum atomic E-state index is 10.2. The van der Waals surface area contributed by atoms with Gasteiger partial charge in [-0.25, -0.2) is 0 Å². The summed E-state index contributed by atoms with van der Waals surface area (Å²) in [6, 6.07) is 4.12. The van der Waals surface area contributed by atoms with E-state index in [0.717, 1.165) is 30.0 Å². The van der Waals surface area contributed by atoms with Crippen LogP contribution in [0.15, 0.2) is 18.3 Å². The normalized spacial score (nSPS) is 20.8. The quantitative estimate of drug-likeness (QED) is 0.799. The van der Waals surface area contributed by atoms with E-state index in [4.69, 9.17) is 0 Å². The Bertz CT molecular complexity index is 342. The molecule has 3 heteroatoms. The fourth-order valence-corrected chi connectivity index (χ4v) is 3.21. The van der Waals surface area contributed by atoms with Crippen molar-refractivity contribution < 1.29 is 5.11 Å². The number of aryl methyl sites for hydroxylation is 1. The zero-order valence-electron chi connectivity index (χ0n) is 9.72. The molecule has 0 radical (unpaired) electrons. The second-order valence-corrected chi connectivity index (χ2v) is 5.49. The zero-order valence-corrected chi connectivity index (χ0v) is 10.5. The highest BCUT2D eigenvalue weighted by Crippen LogP contribution is 2.34. The van der Waals surface area contributed by atoms with Crippen LogP contribution in [0.25, 0.3) is 0 Å². The molecule has 16 heavy (non-hydrogen) atoms. The summed E-state index contributed by atoms with van der Waals surface area (Å²) in [6.45, 7) is 2.17. The third-order valence-electron chi connectivity index (χ3n) is 3.10. The van der Waals surface area contributed by atoms with Gasteiger partial charge in [-0.1, -0.05) is 13.0 Å². The smallest absolute Gasteiger partial charge is 0.0714 e. The molecule has 88 valence electrons. The molecule has 0 aromatic carbocycles. The Hall–Kier alpha value is -0.540. The van der Waals surface area contributed by atoms with Crippen LogP contribution in [-0.4, -0.2) is 27.7 Å². The molecular formula is C13H19NOS. The molecule has 1 N–H and O–H groups in total. The van der Waals surface area contributed by atoms with Crippen LogP contribution in [0.1, 0.15) is 36.9 Å². The number of nitrogens with zero attached hydrogens (tertiary/aromatic N) is 1. The van der Waals surface area contributed by atoms with Crippen LogP contribution in [0.5, 0.6) is 0 Å². The maximum absolute atomic E-state index is 10.2. The monoisotopic (exact) mass is 237 g/mol. The molecule has 2 unspecified atom stereocenters. The van der Waals surface area contributed by atoms with Gasteiger partial charge in [-0.15, -0.1) is 0 Å².